The van der Waals surface area contributed by atoms with Crippen LogP contribution >= 0.6 is 0 Å². The predicted octanol–water partition coefficient (Wildman–Crippen LogP) is 6.03. The van der Waals surface area contributed by atoms with Crippen LogP contribution in [0.3, 0.4) is 0 Å². The van der Waals surface area contributed by atoms with Crippen molar-refractivity contribution in [1.82, 2.24) is 4.98 Å². The molecule has 3 aliphatic heterocycles. The number of hydrogen-bond acceptors (Lipinski definition) is 2. The fourth-order valence-electron chi connectivity index (χ4n) is 6.67. The highest BCUT2D eigenvalue weighted by Gasteiger charge is 2.53. The Morgan fingerprint density at radius 3 is 2.73 bits per heavy atom. The van der Waals surface area contributed by atoms with Crippen LogP contribution in [0.4, 0.5) is 0 Å². The van der Waals surface area contributed by atoms with Crippen molar-refractivity contribution in [2.24, 2.45) is 11.8 Å². The van der Waals surface area contributed by atoms with E-state index in [4.69, 9.17) is 0 Å². The lowest BCUT2D eigenvalue weighted by Crippen LogP contribution is -2.67. The van der Waals surface area contributed by atoms with Crippen molar-refractivity contribution in [1.29, 1.82) is 0 Å². The van der Waals surface area contributed by atoms with E-state index in [2.05, 4.69) is 66.2 Å². The molecule has 1 aromatic heterocycles. The molecule has 2 bridgehead atoms. The number of piperidine rings is 3. The number of hydrogen-bond donors (Lipinski definition) is 1. The quantitative estimate of drug-likeness (QED) is 0.307. The van der Waals surface area contributed by atoms with E-state index in [1.807, 2.05) is 30.5 Å². The van der Waals surface area contributed by atoms with E-state index in [1.165, 1.54) is 22.8 Å². The molecular formula is C30H31N2O+. The van der Waals surface area contributed by atoms with Crippen LogP contribution in [0.25, 0.3) is 21.7 Å². The molecule has 3 fully saturated rings. The Balaban J connectivity index is 1.41. The van der Waals surface area contributed by atoms with Gasteiger partial charge in [-0.2, -0.15) is 0 Å². The zero-order valence-electron chi connectivity index (χ0n) is 19.0. The van der Waals surface area contributed by atoms with Crippen LogP contribution in [0, 0.1) is 11.8 Å². The van der Waals surface area contributed by atoms with E-state index in [-0.39, 0.29) is 6.04 Å². The van der Waals surface area contributed by atoms with Crippen LogP contribution in [-0.4, -0.2) is 33.7 Å². The summed E-state index contributed by atoms with van der Waals surface area (Å²) in [5, 5.41) is 15.5. The number of aromatic nitrogens is 1. The van der Waals surface area contributed by atoms with Crippen molar-refractivity contribution >= 4 is 21.7 Å². The molecule has 0 aliphatic carbocycles. The maximum absolute atomic E-state index is 11.9. The standard InChI is InChI=1S/C30H31N2O/c1-2-22-20-32(19-21-11-12-23-7-3-4-8-24(23)17-21)16-14-25(22)18-29(32)30(33)27-13-15-31-28-10-6-5-9-26(27)28/h2-13,15,17,22,25,29-30,33H,1,14,16,18-20H2/q+1/t22?,25?,29?,30-,32?/m1/s1. The number of para-hydroxylation sites is 1. The molecular weight excluding hydrogens is 404 g/mol. The second kappa shape index (κ2) is 8.09. The van der Waals surface area contributed by atoms with E-state index < -0.39 is 6.10 Å². The average Bonchev–Trinajstić information content (AvgIpc) is 2.87. The maximum Gasteiger partial charge on any atom is 0.131 e. The van der Waals surface area contributed by atoms with E-state index in [0.29, 0.717) is 11.8 Å². The summed E-state index contributed by atoms with van der Waals surface area (Å²) in [6.45, 7) is 7.30. The first-order valence-electron chi connectivity index (χ1n) is 12.1. The van der Waals surface area contributed by atoms with Crippen molar-refractivity contribution < 1.29 is 9.59 Å². The summed E-state index contributed by atoms with van der Waals surface area (Å²) in [5.74, 6) is 1.14. The number of nitrogens with zero attached hydrogens (tertiary/aromatic N) is 2. The second-order valence-corrected chi connectivity index (χ2v) is 10.1. The number of rotatable bonds is 5. The summed E-state index contributed by atoms with van der Waals surface area (Å²) in [6.07, 6.45) is 5.76. The second-order valence-electron chi connectivity index (χ2n) is 10.1. The van der Waals surface area contributed by atoms with Gasteiger partial charge in [-0.1, -0.05) is 60.7 Å². The zero-order chi connectivity index (χ0) is 22.4. The fourth-order valence-corrected chi connectivity index (χ4v) is 6.67. The summed E-state index contributed by atoms with van der Waals surface area (Å²) in [5.41, 5.74) is 3.33. The Kier molecular flexibility index (Phi) is 5.05. The molecule has 0 spiro atoms. The van der Waals surface area contributed by atoms with Crippen LogP contribution < -0.4 is 0 Å². The van der Waals surface area contributed by atoms with Gasteiger partial charge in [0.2, 0.25) is 0 Å². The smallest absolute Gasteiger partial charge is 0.131 e. The molecule has 0 radical (unpaired) electrons. The first kappa shape index (κ1) is 20.6. The number of fused-ring (bicyclic) bond motifs is 5. The van der Waals surface area contributed by atoms with E-state index in [0.717, 1.165) is 47.0 Å². The molecule has 7 rings (SSSR count). The van der Waals surface area contributed by atoms with Gasteiger partial charge in [0, 0.05) is 35.9 Å². The lowest BCUT2D eigenvalue weighted by Gasteiger charge is -2.58. The van der Waals surface area contributed by atoms with E-state index in [1.54, 1.807) is 0 Å². The van der Waals surface area contributed by atoms with Crippen LogP contribution in [0.2, 0.25) is 0 Å². The van der Waals surface area contributed by atoms with Crippen molar-refractivity contribution in [2.45, 2.75) is 31.5 Å². The molecule has 1 N–H and O–H groups in total. The number of quaternary nitrogens is 1. The Labute approximate surface area is 195 Å². The largest absolute Gasteiger partial charge is 0.382 e. The zero-order valence-corrected chi connectivity index (χ0v) is 19.0. The molecule has 3 heteroatoms. The monoisotopic (exact) mass is 435 g/mol. The molecule has 4 unspecified atom stereocenters. The highest BCUT2D eigenvalue weighted by molar-refractivity contribution is 5.83. The van der Waals surface area contributed by atoms with Gasteiger partial charge in [-0.3, -0.25) is 4.98 Å². The molecule has 33 heavy (non-hydrogen) atoms. The van der Waals surface area contributed by atoms with Gasteiger partial charge in [-0.15, -0.1) is 6.58 Å². The summed E-state index contributed by atoms with van der Waals surface area (Å²) in [7, 11) is 0. The van der Waals surface area contributed by atoms with Crippen LogP contribution in [0.15, 0.2) is 91.6 Å². The van der Waals surface area contributed by atoms with Crippen molar-refractivity contribution in [3.05, 3.63) is 103 Å². The summed E-state index contributed by atoms with van der Waals surface area (Å²) < 4.78 is 0.934. The lowest BCUT2D eigenvalue weighted by molar-refractivity contribution is -0.984. The van der Waals surface area contributed by atoms with Crippen molar-refractivity contribution in [3.8, 4) is 0 Å². The van der Waals surface area contributed by atoms with Crippen LogP contribution in [0.5, 0.6) is 0 Å². The number of aliphatic hydroxyl groups is 1. The normalized spacial score (nSPS) is 27.6. The van der Waals surface area contributed by atoms with Crippen molar-refractivity contribution in [3.63, 3.8) is 0 Å². The van der Waals surface area contributed by atoms with E-state index >= 15 is 0 Å². The molecule has 3 aliphatic rings. The summed E-state index contributed by atoms with van der Waals surface area (Å²) in [6, 6.07) is 25.8. The van der Waals surface area contributed by atoms with Gasteiger partial charge < -0.3 is 9.59 Å². The minimum atomic E-state index is -0.507. The molecule has 0 amide bonds. The summed E-state index contributed by atoms with van der Waals surface area (Å²) in [4.78, 5) is 4.53. The third-order valence-corrected chi connectivity index (χ3v) is 8.35. The molecule has 3 aromatic carbocycles. The van der Waals surface area contributed by atoms with Crippen molar-refractivity contribution in [2.75, 3.05) is 13.1 Å². The summed E-state index contributed by atoms with van der Waals surface area (Å²) >= 11 is 0. The SMILES string of the molecule is C=CC1C[N+]2(Cc3ccc4ccccc4c3)CCC1CC2[C@H](O)c1ccnc2ccccc12. The predicted molar refractivity (Wildman–Crippen MR) is 135 cm³/mol. The van der Waals surface area contributed by atoms with Crippen LogP contribution in [-0.2, 0) is 6.54 Å². The van der Waals surface area contributed by atoms with Gasteiger partial charge in [-0.05, 0) is 40.5 Å². The Bertz CT molecular complexity index is 1330. The highest BCUT2D eigenvalue weighted by Crippen LogP contribution is 2.48. The molecule has 4 aromatic rings. The van der Waals surface area contributed by atoms with E-state index in [9.17, 15) is 5.11 Å². The third-order valence-electron chi connectivity index (χ3n) is 8.35. The van der Waals surface area contributed by atoms with Gasteiger partial charge in [0.1, 0.15) is 18.7 Å². The first-order valence-corrected chi connectivity index (χ1v) is 12.1. The molecule has 5 atom stereocenters. The van der Waals surface area contributed by atoms with Gasteiger partial charge in [-0.25, -0.2) is 0 Å². The van der Waals surface area contributed by atoms with Gasteiger partial charge >= 0.3 is 0 Å². The minimum absolute atomic E-state index is 0.178. The first-order chi connectivity index (χ1) is 16.2. The maximum atomic E-state index is 11.9. The fraction of sp³-hybridized carbons (Fsp3) is 0.300. The molecule has 4 heterocycles. The highest BCUT2D eigenvalue weighted by atomic mass is 16.3. The molecule has 3 nitrogen and oxygen atoms in total. The topological polar surface area (TPSA) is 33.1 Å². The van der Waals surface area contributed by atoms with Gasteiger partial charge in [0.05, 0.1) is 18.6 Å². The minimum Gasteiger partial charge on any atom is -0.382 e. The Morgan fingerprint density at radius 1 is 1.03 bits per heavy atom. The Hall–Kier alpha value is -3.01. The number of aliphatic hydroxyl groups excluding tert-OH is 1. The lowest BCUT2D eigenvalue weighted by atomic mass is 9.71. The third kappa shape index (κ3) is 3.47. The van der Waals surface area contributed by atoms with Crippen LogP contribution in [0.1, 0.15) is 30.1 Å². The molecule has 0 saturated carbocycles. The van der Waals surface area contributed by atoms with Gasteiger partial charge in [0.25, 0.3) is 0 Å². The molecule has 166 valence electrons. The number of benzene rings is 3. The molecule has 3 saturated heterocycles. The van der Waals surface area contributed by atoms with Gasteiger partial charge in [0.15, 0.2) is 0 Å². The number of pyridine rings is 1. The Morgan fingerprint density at radius 2 is 1.85 bits per heavy atom. The average molecular weight is 436 g/mol.